The first-order chi connectivity index (χ1) is 13.8. The predicted molar refractivity (Wildman–Crippen MR) is 111 cm³/mol. The van der Waals surface area contributed by atoms with E-state index in [1.54, 1.807) is 6.07 Å². The number of carbonyl (C=O) groups excluding carboxylic acids is 2. The highest BCUT2D eigenvalue weighted by Gasteiger charge is 2.31. The topological polar surface area (TPSA) is 66.7 Å². The van der Waals surface area contributed by atoms with Crippen LogP contribution in [0.2, 0.25) is 0 Å². The molecule has 0 N–H and O–H groups in total. The van der Waals surface area contributed by atoms with E-state index in [0.29, 0.717) is 37.5 Å². The fourth-order valence-electron chi connectivity index (χ4n) is 3.64. The van der Waals surface area contributed by atoms with Gasteiger partial charge in [0.05, 0.1) is 5.39 Å². The van der Waals surface area contributed by atoms with Gasteiger partial charge in [0.2, 0.25) is 5.91 Å². The highest BCUT2D eigenvalue weighted by atomic mass is 16.5. The molecule has 1 saturated heterocycles. The monoisotopic (exact) mass is 391 g/mol. The Balaban J connectivity index is 1.53. The fourth-order valence-corrected chi connectivity index (χ4v) is 3.64. The van der Waals surface area contributed by atoms with Gasteiger partial charge in [-0.05, 0) is 18.2 Å². The maximum Gasteiger partial charge on any atom is 0.254 e. The Hall–Kier alpha value is -3.15. The molecule has 0 spiro atoms. The number of piperazine rings is 1. The number of aromatic nitrogens is 1. The summed E-state index contributed by atoms with van der Waals surface area (Å²) >= 11 is 0. The molecule has 2 aromatic carbocycles. The lowest BCUT2D eigenvalue weighted by Gasteiger charge is -2.37. The van der Waals surface area contributed by atoms with Crippen LogP contribution in [0.5, 0.6) is 0 Å². The molecule has 4 rings (SSSR count). The average Bonchev–Trinajstić information content (AvgIpc) is 3.16. The number of hydrogen-bond acceptors (Lipinski definition) is 4. The predicted octanol–water partition coefficient (Wildman–Crippen LogP) is 3.83. The number of carbonyl (C=O) groups is 2. The van der Waals surface area contributed by atoms with E-state index in [0.717, 1.165) is 16.5 Å². The van der Waals surface area contributed by atoms with Crippen LogP contribution in [0.1, 0.15) is 31.1 Å². The molecule has 1 aliphatic rings. The van der Waals surface area contributed by atoms with E-state index in [1.807, 2.05) is 73.0 Å². The van der Waals surface area contributed by atoms with Crippen molar-refractivity contribution in [2.24, 2.45) is 5.41 Å². The van der Waals surface area contributed by atoms with E-state index in [-0.39, 0.29) is 11.8 Å². The molecule has 150 valence electrons. The molecule has 0 saturated carbocycles. The average molecular weight is 391 g/mol. The molecule has 29 heavy (non-hydrogen) atoms. The van der Waals surface area contributed by atoms with Crippen molar-refractivity contribution in [1.82, 2.24) is 15.0 Å². The van der Waals surface area contributed by atoms with E-state index < -0.39 is 5.41 Å². The van der Waals surface area contributed by atoms with Gasteiger partial charge >= 0.3 is 0 Å². The Morgan fingerprint density at radius 2 is 1.59 bits per heavy atom. The second kappa shape index (κ2) is 7.35. The van der Waals surface area contributed by atoms with Gasteiger partial charge in [-0.1, -0.05) is 56.3 Å². The molecule has 0 bridgehead atoms. The lowest BCUT2D eigenvalue weighted by atomic mass is 9.94. The minimum absolute atomic E-state index is 0.0324. The van der Waals surface area contributed by atoms with Crippen LogP contribution in [-0.4, -0.2) is 52.9 Å². The van der Waals surface area contributed by atoms with Crippen molar-refractivity contribution in [1.29, 1.82) is 0 Å². The smallest absolute Gasteiger partial charge is 0.254 e. The van der Waals surface area contributed by atoms with Crippen molar-refractivity contribution < 1.29 is 14.1 Å². The first kappa shape index (κ1) is 19.2. The summed E-state index contributed by atoms with van der Waals surface area (Å²) in [6.07, 6.45) is 0. The SMILES string of the molecule is CC(C)(C)C(=O)N1CCN(C(=O)c2ccc3noc(-c4ccccc4)c3c2)CC1. The number of rotatable bonds is 2. The first-order valence-corrected chi connectivity index (χ1v) is 9.88. The molecule has 0 atom stereocenters. The third-order valence-electron chi connectivity index (χ3n) is 5.26. The molecule has 1 fully saturated rings. The highest BCUT2D eigenvalue weighted by Crippen LogP contribution is 2.29. The number of hydrogen-bond donors (Lipinski definition) is 0. The molecule has 3 aromatic rings. The van der Waals surface area contributed by atoms with E-state index >= 15 is 0 Å². The van der Waals surface area contributed by atoms with Gasteiger partial charge in [-0.2, -0.15) is 0 Å². The summed E-state index contributed by atoms with van der Waals surface area (Å²) in [4.78, 5) is 29.2. The molecule has 2 amide bonds. The van der Waals surface area contributed by atoms with Gasteiger partial charge in [0, 0.05) is 42.7 Å². The molecule has 1 aromatic heterocycles. The lowest BCUT2D eigenvalue weighted by molar-refractivity contribution is -0.140. The van der Waals surface area contributed by atoms with Crippen LogP contribution in [-0.2, 0) is 4.79 Å². The molecule has 0 radical (unpaired) electrons. The number of nitrogens with zero attached hydrogens (tertiary/aromatic N) is 3. The van der Waals surface area contributed by atoms with Crippen LogP contribution in [0.25, 0.3) is 22.2 Å². The van der Waals surface area contributed by atoms with Crippen LogP contribution in [0.15, 0.2) is 53.1 Å². The van der Waals surface area contributed by atoms with Crippen molar-refractivity contribution in [3.05, 3.63) is 54.1 Å². The molecule has 0 unspecified atom stereocenters. The van der Waals surface area contributed by atoms with Crippen LogP contribution < -0.4 is 0 Å². The van der Waals surface area contributed by atoms with E-state index in [4.69, 9.17) is 4.52 Å². The van der Waals surface area contributed by atoms with Crippen LogP contribution in [0.3, 0.4) is 0 Å². The van der Waals surface area contributed by atoms with Crippen molar-refractivity contribution >= 4 is 22.7 Å². The van der Waals surface area contributed by atoms with Gasteiger partial charge in [-0.3, -0.25) is 9.59 Å². The zero-order chi connectivity index (χ0) is 20.6. The quantitative estimate of drug-likeness (QED) is 0.666. The summed E-state index contributed by atoms with van der Waals surface area (Å²) in [5, 5.41) is 4.94. The summed E-state index contributed by atoms with van der Waals surface area (Å²) in [6.45, 7) is 7.96. The van der Waals surface area contributed by atoms with E-state index in [9.17, 15) is 9.59 Å². The van der Waals surface area contributed by atoms with Crippen molar-refractivity contribution in [2.75, 3.05) is 26.2 Å². The lowest BCUT2D eigenvalue weighted by Crippen LogP contribution is -2.53. The molecular weight excluding hydrogens is 366 g/mol. The number of amides is 2. The van der Waals surface area contributed by atoms with Gasteiger partial charge in [0.15, 0.2) is 5.76 Å². The molecule has 1 aliphatic heterocycles. The molecule has 6 heteroatoms. The van der Waals surface area contributed by atoms with Gasteiger partial charge in [0.25, 0.3) is 5.91 Å². The van der Waals surface area contributed by atoms with Gasteiger partial charge in [-0.25, -0.2) is 0 Å². The van der Waals surface area contributed by atoms with Crippen molar-refractivity contribution in [3.8, 4) is 11.3 Å². The van der Waals surface area contributed by atoms with Gasteiger partial charge < -0.3 is 14.3 Å². The number of fused-ring (bicyclic) bond motifs is 1. The number of benzene rings is 2. The summed E-state index contributed by atoms with van der Waals surface area (Å²) in [5.74, 6) is 0.758. The third-order valence-corrected chi connectivity index (χ3v) is 5.26. The third kappa shape index (κ3) is 3.75. The summed E-state index contributed by atoms with van der Waals surface area (Å²) in [7, 11) is 0. The Morgan fingerprint density at radius 1 is 0.931 bits per heavy atom. The Kier molecular flexibility index (Phi) is 4.86. The van der Waals surface area contributed by atoms with Gasteiger partial charge in [0.1, 0.15) is 5.52 Å². The van der Waals surface area contributed by atoms with Crippen LogP contribution in [0.4, 0.5) is 0 Å². The minimum atomic E-state index is -0.403. The summed E-state index contributed by atoms with van der Waals surface area (Å²) in [5.41, 5.74) is 1.85. The van der Waals surface area contributed by atoms with Crippen molar-refractivity contribution in [3.63, 3.8) is 0 Å². The van der Waals surface area contributed by atoms with E-state index in [1.165, 1.54) is 0 Å². The summed E-state index contributed by atoms with van der Waals surface area (Å²) < 4.78 is 5.53. The highest BCUT2D eigenvalue weighted by molar-refractivity contribution is 6.01. The molecule has 6 nitrogen and oxygen atoms in total. The molecule has 2 heterocycles. The Morgan fingerprint density at radius 3 is 2.24 bits per heavy atom. The first-order valence-electron chi connectivity index (χ1n) is 9.88. The largest absolute Gasteiger partial charge is 0.355 e. The Bertz CT molecular complexity index is 1040. The van der Waals surface area contributed by atoms with Crippen molar-refractivity contribution in [2.45, 2.75) is 20.8 Å². The van der Waals surface area contributed by atoms with E-state index in [2.05, 4.69) is 5.16 Å². The summed E-state index contributed by atoms with van der Waals surface area (Å²) in [6, 6.07) is 15.2. The zero-order valence-corrected chi connectivity index (χ0v) is 17.0. The normalized spacial score (nSPS) is 15.0. The molecule has 0 aliphatic carbocycles. The van der Waals surface area contributed by atoms with Crippen LogP contribution in [0, 0.1) is 5.41 Å². The van der Waals surface area contributed by atoms with Gasteiger partial charge in [-0.15, -0.1) is 0 Å². The maximum absolute atomic E-state index is 13.1. The zero-order valence-electron chi connectivity index (χ0n) is 17.0. The molecular formula is C23H25N3O3. The second-order valence-corrected chi connectivity index (χ2v) is 8.44. The second-order valence-electron chi connectivity index (χ2n) is 8.44. The fraction of sp³-hybridized carbons (Fsp3) is 0.348. The van der Waals surface area contributed by atoms with Crippen LogP contribution >= 0.6 is 0 Å². The Labute approximate surface area is 170 Å². The minimum Gasteiger partial charge on any atom is -0.355 e. The maximum atomic E-state index is 13.1. The standard InChI is InChI=1S/C23H25N3O3/c1-23(2,3)22(28)26-13-11-25(12-14-26)21(27)17-9-10-19-18(15-17)20(29-24-19)16-7-5-4-6-8-16/h4-10,15H,11-14H2,1-3H3.